The Morgan fingerprint density at radius 3 is 2.46 bits per heavy atom. The van der Waals surface area contributed by atoms with Gasteiger partial charge >= 0.3 is 6.03 Å². The van der Waals surface area contributed by atoms with Crippen molar-refractivity contribution in [2.75, 3.05) is 50.0 Å². The molecular formula is C32H34F2N8O4. The molecule has 0 spiro atoms. The summed E-state index contributed by atoms with van der Waals surface area (Å²) in [5, 5.41) is 7.29. The largest absolute Gasteiger partial charge is 0.493 e. The Bertz CT molecular complexity index is 1760. The van der Waals surface area contributed by atoms with Crippen molar-refractivity contribution >= 4 is 35.1 Å². The van der Waals surface area contributed by atoms with Gasteiger partial charge < -0.3 is 19.7 Å². The number of benzene rings is 2. The number of allylic oxidation sites excluding steroid dienone is 1. The number of urea groups is 1. The first-order valence-electron chi connectivity index (χ1n) is 14.3. The zero-order chi connectivity index (χ0) is 33.0. The smallest absolute Gasteiger partial charge is 0.330 e. The van der Waals surface area contributed by atoms with Crippen LogP contribution >= 0.6 is 0 Å². The first kappa shape index (κ1) is 32.0. The van der Waals surface area contributed by atoms with E-state index >= 15 is 8.78 Å². The third-order valence-corrected chi connectivity index (χ3v) is 7.15. The number of carbonyl (C=O) groups is 2. The molecule has 2 aromatic carbocycles. The van der Waals surface area contributed by atoms with Gasteiger partial charge in [-0.15, -0.1) is 0 Å². The minimum atomic E-state index is -1.06. The molecule has 46 heavy (non-hydrogen) atoms. The molecule has 0 atom stereocenters. The van der Waals surface area contributed by atoms with E-state index in [9.17, 15) is 9.59 Å². The fourth-order valence-electron chi connectivity index (χ4n) is 4.98. The number of anilines is 4. The van der Waals surface area contributed by atoms with E-state index in [1.54, 1.807) is 48.3 Å². The molecule has 14 heteroatoms. The number of fused-ring (bicyclic) bond motifs is 1. The summed E-state index contributed by atoms with van der Waals surface area (Å²) < 4.78 is 43.1. The molecule has 0 bridgehead atoms. The maximum absolute atomic E-state index is 15.6. The normalized spacial score (nSPS) is 13.0. The maximum atomic E-state index is 15.6. The van der Waals surface area contributed by atoms with Crippen LogP contribution in [0.1, 0.15) is 16.7 Å². The Kier molecular flexibility index (Phi) is 9.56. The number of carbonyl (C=O) groups excluding carboxylic acids is 2. The average molecular weight is 633 g/mol. The van der Waals surface area contributed by atoms with Crippen LogP contribution in [0.25, 0.3) is 0 Å². The van der Waals surface area contributed by atoms with Gasteiger partial charge in [0.1, 0.15) is 11.5 Å². The third kappa shape index (κ3) is 6.96. The van der Waals surface area contributed by atoms with Crippen molar-refractivity contribution in [3.8, 4) is 11.5 Å². The lowest BCUT2D eigenvalue weighted by Crippen LogP contribution is -2.48. The number of halogens is 2. The van der Waals surface area contributed by atoms with E-state index in [0.29, 0.717) is 23.5 Å². The van der Waals surface area contributed by atoms with E-state index in [2.05, 4.69) is 20.4 Å². The summed E-state index contributed by atoms with van der Waals surface area (Å²) in [6.45, 7) is 0.385. The molecule has 2 aromatic heterocycles. The molecule has 2 amide bonds. The van der Waals surface area contributed by atoms with Crippen LogP contribution in [0.2, 0.25) is 0 Å². The van der Waals surface area contributed by atoms with E-state index < -0.39 is 23.4 Å². The van der Waals surface area contributed by atoms with E-state index in [1.165, 1.54) is 25.3 Å². The Hall–Kier alpha value is -5.37. The molecule has 0 unspecified atom stereocenters. The predicted octanol–water partition coefficient (Wildman–Crippen LogP) is 4.63. The molecule has 0 fully saturated rings. The highest BCUT2D eigenvalue weighted by Gasteiger charge is 2.38. The predicted molar refractivity (Wildman–Crippen MR) is 169 cm³/mol. The fraction of sp³-hybridized carbons (Fsp3) is 0.281. The SMILES string of the molecule is COc1cc(OC)c(F)c(N2Cc3cnc(Nc4ccn(C)n4)nc3N(Cc3cccc(CC(=O)/C=C/CN(C)C)c3)C2=O)c1F. The summed E-state index contributed by atoms with van der Waals surface area (Å²) in [6.07, 6.45) is 6.74. The van der Waals surface area contributed by atoms with Gasteiger partial charge in [0.05, 0.1) is 27.3 Å². The van der Waals surface area contributed by atoms with Crippen molar-refractivity contribution in [3.05, 3.63) is 89.3 Å². The van der Waals surface area contributed by atoms with Crippen molar-refractivity contribution < 1.29 is 27.8 Å². The van der Waals surface area contributed by atoms with E-state index in [1.807, 2.05) is 31.1 Å². The number of likely N-dealkylation sites (N-methyl/N-ethyl adjacent to an activating group) is 1. The van der Waals surface area contributed by atoms with Crippen molar-refractivity contribution in [1.82, 2.24) is 24.6 Å². The molecule has 0 aliphatic carbocycles. The van der Waals surface area contributed by atoms with Gasteiger partial charge in [0.2, 0.25) is 5.95 Å². The first-order valence-corrected chi connectivity index (χ1v) is 14.3. The minimum absolute atomic E-state index is 0.0226. The molecule has 1 aliphatic heterocycles. The quantitative estimate of drug-likeness (QED) is 0.223. The monoisotopic (exact) mass is 632 g/mol. The summed E-state index contributed by atoms with van der Waals surface area (Å²) in [4.78, 5) is 39.9. The van der Waals surface area contributed by atoms with Gasteiger partial charge in [-0.2, -0.15) is 10.1 Å². The Morgan fingerprint density at radius 1 is 1.09 bits per heavy atom. The fourth-order valence-corrected chi connectivity index (χ4v) is 4.98. The van der Waals surface area contributed by atoms with Gasteiger partial charge in [-0.3, -0.25) is 19.3 Å². The number of hydrogen-bond acceptors (Lipinski definition) is 9. The Morgan fingerprint density at radius 2 is 1.80 bits per heavy atom. The lowest BCUT2D eigenvalue weighted by Gasteiger charge is -2.36. The molecule has 1 aliphatic rings. The molecular weight excluding hydrogens is 598 g/mol. The lowest BCUT2D eigenvalue weighted by atomic mass is 10.0. The van der Waals surface area contributed by atoms with Gasteiger partial charge in [0, 0.05) is 50.1 Å². The topological polar surface area (TPSA) is 118 Å². The van der Waals surface area contributed by atoms with Crippen LogP contribution in [0.3, 0.4) is 0 Å². The maximum Gasteiger partial charge on any atom is 0.330 e. The van der Waals surface area contributed by atoms with E-state index in [-0.39, 0.29) is 48.6 Å². The second-order valence-electron chi connectivity index (χ2n) is 10.9. The lowest BCUT2D eigenvalue weighted by molar-refractivity contribution is -0.114. The van der Waals surface area contributed by atoms with Crippen LogP contribution in [0, 0.1) is 11.6 Å². The number of hydrogen-bond donors (Lipinski definition) is 1. The van der Waals surface area contributed by atoms with Gasteiger partial charge in [-0.25, -0.2) is 18.6 Å². The van der Waals surface area contributed by atoms with Crippen LogP contribution < -0.4 is 24.6 Å². The molecule has 5 rings (SSSR count). The summed E-state index contributed by atoms with van der Waals surface area (Å²) in [5.41, 5.74) is 1.22. The molecule has 240 valence electrons. The summed E-state index contributed by atoms with van der Waals surface area (Å²) in [6, 6.07) is 9.29. The Labute approximate surface area is 264 Å². The van der Waals surface area contributed by atoms with Crippen molar-refractivity contribution in [2.24, 2.45) is 7.05 Å². The number of nitrogens with zero attached hydrogens (tertiary/aromatic N) is 7. The van der Waals surface area contributed by atoms with Crippen molar-refractivity contribution in [1.29, 1.82) is 0 Å². The third-order valence-electron chi connectivity index (χ3n) is 7.15. The molecule has 4 aromatic rings. The summed E-state index contributed by atoms with van der Waals surface area (Å²) in [5.74, 6) is -1.86. The molecule has 12 nitrogen and oxygen atoms in total. The average Bonchev–Trinajstić information content (AvgIpc) is 3.43. The Balaban J connectivity index is 1.52. The summed E-state index contributed by atoms with van der Waals surface area (Å²) >= 11 is 0. The molecule has 0 saturated carbocycles. The number of aromatic nitrogens is 4. The van der Waals surface area contributed by atoms with Crippen LogP contribution in [0.5, 0.6) is 11.5 Å². The van der Waals surface area contributed by atoms with Crippen LogP contribution in [0.4, 0.5) is 36.8 Å². The number of ketones is 1. The number of aryl methyl sites for hydroxylation is 1. The van der Waals surface area contributed by atoms with Gasteiger partial charge in [-0.1, -0.05) is 30.3 Å². The molecule has 3 heterocycles. The number of amides is 2. The number of nitrogens with one attached hydrogen (secondary N) is 1. The highest BCUT2D eigenvalue weighted by molar-refractivity contribution is 6.05. The van der Waals surface area contributed by atoms with Crippen molar-refractivity contribution in [2.45, 2.75) is 19.5 Å². The van der Waals surface area contributed by atoms with E-state index in [0.717, 1.165) is 16.5 Å². The molecule has 0 radical (unpaired) electrons. The highest BCUT2D eigenvalue weighted by atomic mass is 19.1. The van der Waals surface area contributed by atoms with Gasteiger partial charge in [0.25, 0.3) is 0 Å². The molecule has 1 N–H and O–H groups in total. The van der Waals surface area contributed by atoms with Crippen molar-refractivity contribution in [3.63, 3.8) is 0 Å². The zero-order valence-corrected chi connectivity index (χ0v) is 26.1. The number of rotatable bonds is 12. The van der Waals surface area contributed by atoms with Gasteiger partial charge in [0.15, 0.2) is 34.7 Å². The van der Waals surface area contributed by atoms with Gasteiger partial charge in [-0.05, 0) is 31.3 Å². The van der Waals surface area contributed by atoms with Crippen LogP contribution in [-0.4, -0.2) is 71.3 Å². The minimum Gasteiger partial charge on any atom is -0.493 e. The number of methoxy groups -OCH3 is 2. The van der Waals surface area contributed by atoms with Crippen LogP contribution in [-0.2, 0) is 31.4 Å². The first-order chi connectivity index (χ1) is 22.1. The molecule has 0 saturated heterocycles. The zero-order valence-electron chi connectivity index (χ0n) is 26.1. The standard InChI is InChI=1S/C32H34F2N8O4/c1-39(2)12-7-10-23(43)15-20-8-6-9-21(14-20)18-42-30-22(17-35-31(37-30)36-26-11-13-40(3)38-26)19-41(32(42)44)29-27(33)24(45-4)16-25(46-5)28(29)34/h6-11,13-14,16-17H,12,15,18-19H2,1-5H3,(H,35,36,37,38)/b10-7+. The summed E-state index contributed by atoms with van der Waals surface area (Å²) in [7, 11) is 8.06. The highest BCUT2D eigenvalue weighted by Crippen LogP contribution is 2.41. The second kappa shape index (κ2) is 13.7. The second-order valence-corrected chi connectivity index (χ2v) is 10.9. The van der Waals surface area contributed by atoms with E-state index in [4.69, 9.17) is 9.47 Å². The van der Waals surface area contributed by atoms with Crippen LogP contribution in [0.15, 0.2) is 60.9 Å². The number of ether oxygens (including phenoxy) is 2.